The van der Waals surface area contributed by atoms with Gasteiger partial charge in [0.05, 0.1) is 24.6 Å². The highest BCUT2D eigenvalue weighted by molar-refractivity contribution is 6.06. The fourth-order valence-electron chi connectivity index (χ4n) is 3.76. The van der Waals surface area contributed by atoms with E-state index < -0.39 is 0 Å². The van der Waals surface area contributed by atoms with E-state index >= 15 is 0 Å². The lowest BCUT2D eigenvalue weighted by atomic mass is 10.1. The molecule has 0 radical (unpaired) electrons. The quantitative estimate of drug-likeness (QED) is 0.353. The Morgan fingerprint density at radius 1 is 0.889 bits per heavy atom. The molecule has 4 aromatic carbocycles. The van der Waals surface area contributed by atoms with Gasteiger partial charge in [0.25, 0.3) is 5.91 Å². The van der Waals surface area contributed by atoms with Gasteiger partial charge in [-0.2, -0.15) is 5.26 Å². The van der Waals surface area contributed by atoms with Crippen LogP contribution in [0.15, 0.2) is 97.1 Å². The molecule has 0 bridgehead atoms. The number of carbonyl (C=O) groups excluding carboxylic acids is 2. The normalized spacial score (nSPS) is 10.4. The molecule has 0 heterocycles. The van der Waals surface area contributed by atoms with Crippen LogP contribution in [0.25, 0.3) is 0 Å². The lowest BCUT2D eigenvalue weighted by Crippen LogP contribution is -2.30. The first kappa shape index (κ1) is 24.4. The Morgan fingerprint density at radius 3 is 2.25 bits per heavy atom. The van der Waals surface area contributed by atoms with Crippen molar-refractivity contribution in [3.05, 3.63) is 131 Å². The van der Waals surface area contributed by atoms with Crippen molar-refractivity contribution >= 4 is 23.2 Å². The Hall–Kier alpha value is -4.76. The maximum Gasteiger partial charge on any atom is 0.258 e. The number of carbonyl (C=O) groups is 2. The number of nitrogens with one attached hydrogen (secondary N) is 1. The largest absolute Gasteiger partial charge is 0.326 e. The molecule has 0 unspecified atom stereocenters. The van der Waals surface area contributed by atoms with E-state index in [1.54, 1.807) is 29.2 Å². The van der Waals surface area contributed by atoms with E-state index in [4.69, 9.17) is 5.26 Å². The number of halogens is 1. The Morgan fingerprint density at radius 2 is 1.58 bits per heavy atom. The molecule has 0 aliphatic heterocycles. The topological polar surface area (TPSA) is 73.2 Å². The highest BCUT2D eigenvalue weighted by atomic mass is 19.1. The van der Waals surface area contributed by atoms with Crippen LogP contribution in [-0.4, -0.2) is 11.8 Å². The summed E-state index contributed by atoms with van der Waals surface area (Å²) in [5.41, 5.74) is 4.91. The number of rotatable bonds is 7. The number of benzene rings is 4. The van der Waals surface area contributed by atoms with Crippen LogP contribution in [0.1, 0.15) is 32.6 Å². The first-order valence-electron chi connectivity index (χ1n) is 11.4. The van der Waals surface area contributed by atoms with Crippen molar-refractivity contribution in [1.29, 1.82) is 5.26 Å². The number of amides is 2. The zero-order valence-corrected chi connectivity index (χ0v) is 19.7. The van der Waals surface area contributed by atoms with Gasteiger partial charge in [-0.05, 0) is 78.7 Å². The van der Waals surface area contributed by atoms with E-state index in [9.17, 15) is 14.0 Å². The number of nitriles is 1. The van der Waals surface area contributed by atoms with Gasteiger partial charge in [0.2, 0.25) is 5.91 Å². The van der Waals surface area contributed by atoms with Crippen molar-refractivity contribution < 1.29 is 14.0 Å². The summed E-state index contributed by atoms with van der Waals surface area (Å²) >= 11 is 0. The van der Waals surface area contributed by atoms with Gasteiger partial charge in [-0.3, -0.25) is 9.59 Å². The Bertz CT molecular complexity index is 1410. The second kappa shape index (κ2) is 11.1. The third-order valence-corrected chi connectivity index (χ3v) is 5.68. The predicted octanol–water partition coefficient (Wildman–Crippen LogP) is 6.03. The van der Waals surface area contributed by atoms with Gasteiger partial charge in [0, 0.05) is 16.9 Å². The van der Waals surface area contributed by atoms with E-state index in [0.29, 0.717) is 29.0 Å². The highest BCUT2D eigenvalue weighted by Crippen LogP contribution is 2.23. The molecule has 0 aliphatic rings. The van der Waals surface area contributed by atoms with E-state index in [1.165, 1.54) is 24.3 Å². The molecule has 0 aromatic heterocycles. The summed E-state index contributed by atoms with van der Waals surface area (Å²) < 4.78 is 13.1. The smallest absolute Gasteiger partial charge is 0.258 e. The lowest BCUT2D eigenvalue weighted by Gasteiger charge is -2.24. The Labute approximate surface area is 209 Å². The van der Waals surface area contributed by atoms with Crippen molar-refractivity contribution in [2.75, 3.05) is 10.2 Å². The van der Waals surface area contributed by atoms with Gasteiger partial charge in [-0.1, -0.05) is 42.0 Å². The molecular weight excluding hydrogens is 453 g/mol. The number of aryl methyl sites for hydroxylation is 1. The van der Waals surface area contributed by atoms with Gasteiger partial charge in [-0.15, -0.1) is 0 Å². The summed E-state index contributed by atoms with van der Waals surface area (Å²) in [7, 11) is 0. The van der Waals surface area contributed by atoms with Gasteiger partial charge < -0.3 is 10.2 Å². The van der Waals surface area contributed by atoms with E-state index in [-0.39, 0.29) is 24.1 Å². The fourth-order valence-corrected chi connectivity index (χ4v) is 3.76. The Kier molecular flexibility index (Phi) is 7.52. The number of anilines is 2. The molecule has 4 rings (SSSR count). The molecule has 6 heteroatoms. The lowest BCUT2D eigenvalue weighted by molar-refractivity contribution is -0.115. The average Bonchev–Trinajstić information content (AvgIpc) is 2.89. The van der Waals surface area contributed by atoms with Crippen LogP contribution in [-0.2, 0) is 17.8 Å². The molecule has 178 valence electrons. The second-order valence-corrected chi connectivity index (χ2v) is 8.47. The van der Waals surface area contributed by atoms with Crippen LogP contribution in [0.2, 0.25) is 0 Å². The summed E-state index contributed by atoms with van der Waals surface area (Å²) in [6.07, 6.45) is 0.0919. The second-order valence-electron chi connectivity index (χ2n) is 8.47. The zero-order chi connectivity index (χ0) is 25.5. The minimum Gasteiger partial charge on any atom is -0.326 e. The number of nitrogens with zero attached hydrogens (tertiary/aromatic N) is 2. The van der Waals surface area contributed by atoms with Gasteiger partial charge in [-0.25, -0.2) is 4.39 Å². The number of hydrogen-bond acceptors (Lipinski definition) is 3. The molecule has 0 spiro atoms. The van der Waals surface area contributed by atoms with Crippen LogP contribution >= 0.6 is 0 Å². The van der Waals surface area contributed by atoms with Gasteiger partial charge in [0.15, 0.2) is 0 Å². The van der Waals surface area contributed by atoms with E-state index in [1.807, 2.05) is 55.5 Å². The van der Waals surface area contributed by atoms with Crippen molar-refractivity contribution in [3.8, 4) is 6.07 Å². The highest BCUT2D eigenvalue weighted by Gasteiger charge is 2.19. The monoisotopic (exact) mass is 477 g/mol. The molecule has 2 amide bonds. The van der Waals surface area contributed by atoms with Gasteiger partial charge >= 0.3 is 0 Å². The summed E-state index contributed by atoms with van der Waals surface area (Å²) in [5.74, 6) is -0.837. The number of hydrogen-bond donors (Lipinski definition) is 1. The van der Waals surface area contributed by atoms with Gasteiger partial charge in [0.1, 0.15) is 5.82 Å². The molecule has 0 aliphatic carbocycles. The SMILES string of the molecule is Cc1ccc(CN(C(=O)c2ccc(C#N)cc2)c2cccc(CC(=O)Nc3ccc(F)cc3)c2)cc1. The molecule has 0 saturated carbocycles. The first-order valence-corrected chi connectivity index (χ1v) is 11.4. The predicted molar refractivity (Wildman–Crippen MR) is 138 cm³/mol. The van der Waals surface area contributed by atoms with Crippen molar-refractivity contribution in [1.82, 2.24) is 0 Å². The average molecular weight is 478 g/mol. The maximum absolute atomic E-state index is 13.6. The van der Waals surface area contributed by atoms with Crippen molar-refractivity contribution in [3.63, 3.8) is 0 Å². The van der Waals surface area contributed by atoms with Crippen LogP contribution in [0.5, 0.6) is 0 Å². The van der Waals surface area contributed by atoms with Crippen LogP contribution in [0.3, 0.4) is 0 Å². The van der Waals surface area contributed by atoms with Crippen molar-refractivity contribution in [2.24, 2.45) is 0 Å². The minimum absolute atomic E-state index is 0.0919. The summed E-state index contributed by atoms with van der Waals surface area (Å²) in [5, 5.41) is 11.8. The van der Waals surface area contributed by atoms with E-state index in [2.05, 4.69) is 11.4 Å². The van der Waals surface area contributed by atoms with Crippen molar-refractivity contribution in [2.45, 2.75) is 19.9 Å². The molecule has 5 nitrogen and oxygen atoms in total. The molecule has 1 N–H and O–H groups in total. The Balaban J connectivity index is 1.59. The fraction of sp³-hybridized carbons (Fsp3) is 0.100. The third-order valence-electron chi connectivity index (χ3n) is 5.68. The zero-order valence-electron chi connectivity index (χ0n) is 19.7. The maximum atomic E-state index is 13.6. The molecule has 0 fully saturated rings. The third kappa shape index (κ3) is 6.22. The molecule has 4 aromatic rings. The standard InChI is InChI=1S/C30H24FN3O2/c1-21-5-7-23(8-6-21)20-34(30(36)25-11-9-22(19-32)10-12-25)28-4-2-3-24(17-28)18-29(35)33-27-15-13-26(31)14-16-27/h2-17H,18,20H2,1H3,(H,33,35). The van der Waals surface area contributed by atoms with Crippen LogP contribution in [0.4, 0.5) is 15.8 Å². The molecule has 36 heavy (non-hydrogen) atoms. The summed E-state index contributed by atoms with van der Waals surface area (Å²) in [6, 6.07) is 29.4. The summed E-state index contributed by atoms with van der Waals surface area (Å²) in [4.78, 5) is 27.8. The molecule has 0 saturated heterocycles. The minimum atomic E-state index is -0.374. The van der Waals surface area contributed by atoms with E-state index in [0.717, 1.165) is 16.7 Å². The van der Waals surface area contributed by atoms with Crippen LogP contribution < -0.4 is 10.2 Å². The molecular formula is C30H24FN3O2. The first-order chi connectivity index (χ1) is 17.4. The summed E-state index contributed by atoms with van der Waals surface area (Å²) in [6.45, 7) is 2.34. The van der Waals surface area contributed by atoms with Crippen LogP contribution in [0, 0.1) is 24.1 Å². The molecule has 0 atom stereocenters.